The van der Waals surface area contributed by atoms with E-state index in [-0.39, 0.29) is 18.2 Å². The molecule has 0 bridgehead atoms. The third-order valence-corrected chi connectivity index (χ3v) is 3.94. The fourth-order valence-corrected chi connectivity index (χ4v) is 2.51. The molecule has 2 amide bonds. The maximum Gasteiger partial charge on any atom is 0.252 e. The van der Waals surface area contributed by atoms with Crippen molar-refractivity contribution < 1.29 is 14.3 Å². The third kappa shape index (κ3) is 4.52. The zero-order valence-electron chi connectivity index (χ0n) is 14.0. The number of carbonyl (C=O) groups is 2. The molecular formula is C18H17ClN4O3. The van der Waals surface area contributed by atoms with Crippen LogP contribution in [-0.4, -0.2) is 30.9 Å². The number of hydrogen-bond acceptors (Lipinski definition) is 5. The molecule has 3 rings (SSSR count). The van der Waals surface area contributed by atoms with Gasteiger partial charge in [-0.25, -0.2) is 4.99 Å². The highest BCUT2D eigenvalue weighted by molar-refractivity contribution is 6.30. The maximum absolute atomic E-state index is 12.1. The summed E-state index contributed by atoms with van der Waals surface area (Å²) in [6.45, 7) is 0. The van der Waals surface area contributed by atoms with E-state index in [0.717, 1.165) is 11.4 Å². The van der Waals surface area contributed by atoms with Gasteiger partial charge in [0.15, 0.2) is 0 Å². The topological polar surface area (TPSA) is 91.8 Å². The van der Waals surface area contributed by atoms with E-state index in [9.17, 15) is 9.59 Å². The van der Waals surface area contributed by atoms with Gasteiger partial charge in [-0.2, -0.15) is 0 Å². The van der Waals surface area contributed by atoms with Crippen LogP contribution in [0.1, 0.15) is 6.42 Å². The second-order valence-electron chi connectivity index (χ2n) is 5.60. The van der Waals surface area contributed by atoms with Crippen molar-refractivity contribution in [3.8, 4) is 5.75 Å². The summed E-state index contributed by atoms with van der Waals surface area (Å²) < 4.78 is 5.09. The third-order valence-electron chi connectivity index (χ3n) is 3.69. The first-order valence-electron chi connectivity index (χ1n) is 7.88. The first-order valence-corrected chi connectivity index (χ1v) is 8.26. The van der Waals surface area contributed by atoms with E-state index >= 15 is 0 Å². The van der Waals surface area contributed by atoms with E-state index in [1.54, 1.807) is 55.6 Å². The Morgan fingerprint density at radius 1 is 1.15 bits per heavy atom. The average Bonchev–Trinajstić information content (AvgIpc) is 2.96. The number of nitrogens with one attached hydrogen (secondary N) is 3. The molecule has 134 valence electrons. The van der Waals surface area contributed by atoms with Crippen molar-refractivity contribution in [2.45, 2.75) is 12.5 Å². The van der Waals surface area contributed by atoms with Gasteiger partial charge in [0.25, 0.3) is 5.91 Å². The normalized spacial score (nSPS) is 15.8. The van der Waals surface area contributed by atoms with Gasteiger partial charge in [0.2, 0.25) is 11.9 Å². The lowest BCUT2D eigenvalue weighted by molar-refractivity contribution is -0.123. The van der Waals surface area contributed by atoms with Crippen LogP contribution < -0.4 is 20.7 Å². The number of methoxy groups -OCH3 is 1. The number of benzene rings is 2. The molecule has 0 saturated carbocycles. The molecule has 0 fully saturated rings. The van der Waals surface area contributed by atoms with Crippen LogP contribution in [0.2, 0.25) is 5.02 Å². The Morgan fingerprint density at radius 2 is 1.81 bits per heavy atom. The molecule has 1 atom stereocenters. The minimum Gasteiger partial charge on any atom is -0.497 e. The SMILES string of the molecule is COc1ccc(NC2=N[C@H](CC(=O)Nc3ccc(Cl)cc3)C(=O)N2)cc1. The zero-order valence-corrected chi connectivity index (χ0v) is 14.7. The van der Waals surface area contributed by atoms with Crippen LogP contribution in [0.15, 0.2) is 53.5 Å². The standard InChI is InChI=1S/C18H17ClN4O3/c1-26-14-8-6-13(7-9-14)21-18-22-15(17(25)23-18)10-16(24)20-12-4-2-11(19)3-5-12/h2-9,15H,10H2,1H3,(H,20,24)(H2,21,22,23,25)/t15-/m1/s1. The Balaban J connectivity index is 1.58. The van der Waals surface area contributed by atoms with Gasteiger partial charge in [-0.1, -0.05) is 11.6 Å². The lowest BCUT2D eigenvalue weighted by Gasteiger charge is -2.06. The predicted octanol–water partition coefficient (Wildman–Crippen LogP) is 2.64. The number of rotatable bonds is 5. The summed E-state index contributed by atoms with van der Waals surface area (Å²) in [5.74, 6) is 0.406. The smallest absolute Gasteiger partial charge is 0.252 e. The number of nitrogens with zero attached hydrogens (tertiary/aromatic N) is 1. The molecule has 0 spiro atoms. The second-order valence-corrected chi connectivity index (χ2v) is 6.03. The summed E-state index contributed by atoms with van der Waals surface area (Å²) in [5, 5.41) is 8.92. The van der Waals surface area contributed by atoms with Crippen LogP contribution in [0.3, 0.4) is 0 Å². The molecule has 0 radical (unpaired) electrons. The van der Waals surface area contributed by atoms with Gasteiger partial charge in [0, 0.05) is 16.4 Å². The highest BCUT2D eigenvalue weighted by Crippen LogP contribution is 2.17. The van der Waals surface area contributed by atoms with Crippen LogP contribution in [0.25, 0.3) is 0 Å². The zero-order chi connectivity index (χ0) is 18.5. The minimum absolute atomic E-state index is 0.0533. The molecule has 7 nitrogen and oxygen atoms in total. The van der Waals surface area contributed by atoms with Crippen LogP contribution >= 0.6 is 11.6 Å². The Kier molecular flexibility index (Phi) is 5.38. The first-order chi connectivity index (χ1) is 12.5. The number of halogens is 1. The van der Waals surface area contributed by atoms with E-state index in [0.29, 0.717) is 16.7 Å². The number of aliphatic imine (C=N–C) groups is 1. The van der Waals surface area contributed by atoms with Gasteiger partial charge in [0.05, 0.1) is 13.5 Å². The Hall–Kier alpha value is -3.06. The average molecular weight is 373 g/mol. The summed E-state index contributed by atoms with van der Waals surface area (Å²) >= 11 is 5.81. The van der Waals surface area contributed by atoms with E-state index in [1.165, 1.54) is 0 Å². The Labute approximate surface area is 155 Å². The molecule has 1 heterocycles. The van der Waals surface area contributed by atoms with Gasteiger partial charge >= 0.3 is 0 Å². The van der Waals surface area contributed by atoms with Crippen molar-refractivity contribution in [3.63, 3.8) is 0 Å². The van der Waals surface area contributed by atoms with Crippen molar-refractivity contribution in [1.29, 1.82) is 0 Å². The van der Waals surface area contributed by atoms with Gasteiger partial charge in [-0.3, -0.25) is 14.9 Å². The van der Waals surface area contributed by atoms with Crippen molar-refractivity contribution in [2.24, 2.45) is 4.99 Å². The molecule has 2 aromatic carbocycles. The highest BCUT2D eigenvalue weighted by atomic mass is 35.5. The largest absolute Gasteiger partial charge is 0.497 e. The number of ether oxygens (including phenoxy) is 1. The van der Waals surface area contributed by atoms with Crippen molar-refractivity contribution in [1.82, 2.24) is 5.32 Å². The van der Waals surface area contributed by atoms with Gasteiger partial charge < -0.3 is 15.4 Å². The van der Waals surface area contributed by atoms with Crippen LogP contribution in [-0.2, 0) is 9.59 Å². The summed E-state index contributed by atoms with van der Waals surface area (Å²) in [4.78, 5) is 28.4. The molecule has 0 aliphatic carbocycles. The van der Waals surface area contributed by atoms with Gasteiger partial charge in [0.1, 0.15) is 11.8 Å². The van der Waals surface area contributed by atoms with Crippen LogP contribution in [0, 0.1) is 0 Å². The molecule has 26 heavy (non-hydrogen) atoms. The molecule has 1 aliphatic heterocycles. The number of amides is 2. The number of guanidine groups is 1. The minimum atomic E-state index is -0.775. The summed E-state index contributed by atoms with van der Waals surface area (Å²) in [5.41, 5.74) is 1.36. The number of carbonyl (C=O) groups excluding carboxylic acids is 2. The van der Waals surface area contributed by atoms with Gasteiger partial charge in [-0.15, -0.1) is 0 Å². The van der Waals surface area contributed by atoms with E-state index in [2.05, 4.69) is 20.9 Å². The summed E-state index contributed by atoms with van der Waals surface area (Å²) in [6.07, 6.45) is -0.0533. The highest BCUT2D eigenvalue weighted by Gasteiger charge is 2.28. The monoisotopic (exact) mass is 372 g/mol. The molecule has 0 aromatic heterocycles. The lowest BCUT2D eigenvalue weighted by atomic mass is 10.2. The number of anilines is 2. The lowest BCUT2D eigenvalue weighted by Crippen LogP contribution is -2.33. The maximum atomic E-state index is 12.1. The van der Waals surface area contributed by atoms with Crippen molar-refractivity contribution >= 4 is 40.7 Å². The van der Waals surface area contributed by atoms with E-state index < -0.39 is 6.04 Å². The van der Waals surface area contributed by atoms with E-state index in [4.69, 9.17) is 16.3 Å². The quantitative estimate of drug-likeness (QED) is 0.752. The molecule has 2 aromatic rings. The van der Waals surface area contributed by atoms with Crippen LogP contribution in [0.4, 0.5) is 11.4 Å². The molecule has 0 unspecified atom stereocenters. The molecule has 3 N–H and O–H groups in total. The summed E-state index contributed by atoms with van der Waals surface area (Å²) in [6, 6.07) is 13.1. The second kappa shape index (κ2) is 7.88. The molecular weight excluding hydrogens is 356 g/mol. The molecule has 8 heteroatoms. The predicted molar refractivity (Wildman–Crippen MR) is 101 cm³/mol. The summed E-state index contributed by atoms with van der Waals surface area (Å²) in [7, 11) is 1.59. The van der Waals surface area contributed by atoms with Crippen LogP contribution in [0.5, 0.6) is 5.75 Å². The molecule has 0 saturated heterocycles. The van der Waals surface area contributed by atoms with E-state index in [1.807, 2.05) is 0 Å². The van der Waals surface area contributed by atoms with Gasteiger partial charge in [-0.05, 0) is 48.5 Å². The molecule has 1 aliphatic rings. The first kappa shape index (κ1) is 17.8. The fourth-order valence-electron chi connectivity index (χ4n) is 2.38. The number of hydrogen-bond donors (Lipinski definition) is 3. The Bertz CT molecular complexity index is 835. The fraction of sp³-hybridized carbons (Fsp3) is 0.167. The Morgan fingerprint density at radius 3 is 2.46 bits per heavy atom. The van der Waals surface area contributed by atoms with Crippen molar-refractivity contribution in [3.05, 3.63) is 53.6 Å². The van der Waals surface area contributed by atoms with Crippen molar-refractivity contribution in [2.75, 3.05) is 17.7 Å².